The number of aldehydes is 1. The summed E-state index contributed by atoms with van der Waals surface area (Å²) in [7, 11) is 0. The van der Waals surface area contributed by atoms with Crippen LogP contribution in [0.2, 0.25) is 10.0 Å². The molecule has 99 heavy (non-hydrogen) atoms. The van der Waals surface area contributed by atoms with Crippen LogP contribution in [0.25, 0.3) is 28.0 Å². The van der Waals surface area contributed by atoms with Gasteiger partial charge in [-0.2, -0.15) is 0 Å². The van der Waals surface area contributed by atoms with Crippen LogP contribution < -0.4 is 5.32 Å². The SMILES string of the molecule is C.CC(=O)c1ccc(C(=O)O)cc1.CC(C)(C)OC(=O)c1ccc(C=O)cc1.CCOC(=O)/C(C)=C(\C)c1ccc(C(=O)Nc2nc(-c3ccc(Cl)c(Cl)c3)cs2)cc1.CCOC(=O)/C(C)=C(\C)c1ccc(C(=O)O)cc1.CCOC(=O)/C(C)=C(\C)c1ccc(C(=O)OC(C)(C)C)cc1. The third-order valence-corrected chi connectivity index (χ3v) is 15.2. The van der Waals surface area contributed by atoms with Gasteiger partial charge in [0, 0.05) is 44.4 Å². The number of anilines is 1. The second-order valence-corrected chi connectivity index (χ2v) is 24.9. The zero-order chi connectivity index (χ0) is 73.8. The summed E-state index contributed by atoms with van der Waals surface area (Å²) in [5, 5.41) is 23.4. The number of aromatic nitrogens is 1. The lowest BCUT2D eigenvalue weighted by Gasteiger charge is -2.19. The van der Waals surface area contributed by atoms with Crippen molar-refractivity contribution in [2.45, 2.75) is 129 Å². The van der Waals surface area contributed by atoms with Gasteiger partial charge in [-0.25, -0.2) is 38.5 Å². The van der Waals surface area contributed by atoms with E-state index in [0.717, 1.165) is 45.3 Å². The molecule has 0 radical (unpaired) electrons. The molecule has 19 nitrogen and oxygen atoms in total. The zero-order valence-corrected chi connectivity index (χ0v) is 60.0. The van der Waals surface area contributed by atoms with Crippen LogP contribution in [0.5, 0.6) is 0 Å². The van der Waals surface area contributed by atoms with E-state index >= 15 is 0 Å². The average molecular weight is 1410 g/mol. The van der Waals surface area contributed by atoms with Crippen molar-refractivity contribution in [1.82, 2.24) is 4.98 Å². The Morgan fingerprint density at radius 2 is 0.788 bits per heavy atom. The quantitative estimate of drug-likeness (QED) is 0.0237. The Morgan fingerprint density at radius 1 is 0.465 bits per heavy atom. The van der Waals surface area contributed by atoms with Crippen LogP contribution in [0.3, 0.4) is 0 Å². The first-order chi connectivity index (χ1) is 45.9. The number of amides is 1. The number of carbonyl (C=O) groups is 10. The Labute approximate surface area is 592 Å². The number of ketones is 1. The van der Waals surface area contributed by atoms with E-state index in [1.54, 1.807) is 139 Å². The molecule has 0 saturated heterocycles. The van der Waals surface area contributed by atoms with Crippen molar-refractivity contribution in [3.05, 3.63) is 227 Å². The molecule has 1 amide bonds. The van der Waals surface area contributed by atoms with E-state index < -0.39 is 23.1 Å². The number of benzene rings is 6. The molecular weight excluding hydrogens is 1330 g/mol. The summed E-state index contributed by atoms with van der Waals surface area (Å²) in [4.78, 5) is 118. The molecule has 1 aromatic heterocycles. The van der Waals surface area contributed by atoms with Gasteiger partial charge in [0.15, 0.2) is 10.9 Å². The maximum absolute atomic E-state index is 12.6. The van der Waals surface area contributed by atoms with Gasteiger partial charge in [-0.3, -0.25) is 19.7 Å². The van der Waals surface area contributed by atoms with Gasteiger partial charge in [-0.15, -0.1) is 11.3 Å². The van der Waals surface area contributed by atoms with E-state index in [1.807, 2.05) is 73.8 Å². The summed E-state index contributed by atoms with van der Waals surface area (Å²) >= 11 is 13.3. The minimum Gasteiger partial charge on any atom is -0.478 e. The molecule has 22 heteroatoms. The Balaban J connectivity index is 0.000000437. The summed E-state index contributed by atoms with van der Waals surface area (Å²) in [5.74, 6) is -4.03. The number of nitrogens with zero attached hydrogens (tertiary/aromatic N) is 1. The summed E-state index contributed by atoms with van der Waals surface area (Å²) in [6.07, 6.45) is 0.735. The Kier molecular flexibility index (Phi) is 34.8. The van der Waals surface area contributed by atoms with Crippen LogP contribution in [-0.4, -0.2) is 106 Å². The van der Waals surface area contributed by atoms with Gasteiger partial charge in [-0.05, 0) is 217 Å². The number of hydrogen-bond donors (Lipinski definition) is 3. The molecule has 0 aliphatic rings. The summed E-state index contributed by atoms with van der Waals surface area (Å²) < 4.78 is 25.4. The molecule has 0 spiro atoms. The van der Waals surface area contributed by atoms with Gasteiger partial charge in [-0.1, -0.05) is 97.4 Å². The van der Waals surface area contributed by atoms with Crippen molar-refractivity contribution in [3.8, 4) is 11.3 Å². The lowest BCUT2D eigenvalue weighted by molar-refractivity contribution is -0.139. The fraction of sp³-hybridized carbons (Fsp3) is 0.286. The van der Waals surface area contributed by atoms with E-state index in [2.05, 4.69) is 10.3 Å². The molecule has 1 heterocycles. The van der Waals surface area contributed by atoms with Crippen LogP contribution in [0.15, 0.2) is 162 Å². The van der Waals surface area contributed by atoms with Gasteiger partial charge in [0.25, 0.3) is 5.91 Å². The third-order valence-electron chi connectivity index (χ3n) is 13.7. The normalized spacial score (nSPS) is 11.3. The molecule has 526 valence electrons. The van der Waals surface area contributed by atoms with Crippen LogP contribution >= 0.6 is 34.5 Å². The number of carboxylic acids is 2. The van der Waals surface area contributed by atoms with Crippen LogP contribution in [0, 0.1) is 0 Å². The molecule has 0 aliphatic heterocycles. The number of rotatable bonds is 18. The minimum atomic E-state index is -0.981. The molecule has 0 fully saturated rings. The highest BCUT2D eigenvalue weighted by molar-refractivity contribution is 7.14. The molecule has 3 N–H and O–H groups in total. The Hall–Kier alpha value is -10.2. The third kappa shape index (κ3) is 28.5. The number of carboxylic acid groups (broad SMARTS) is 2. The first-order valence-corrected chi connectivity index (χ1v) is 32.3. The summed E-state index contributed by atoms with van der Waals surface area (Å²) in [5.41, 5.74) is 9.97. The maximum atomic E-state index is 12.6. The van der Waals surface area contributed by atoms with Crippen molar-refractivity contribution in [3.63, 3.8) is 0 Å². The molecule has 7 rings (SSSR count). The molecule has 6 aromatic carbocycles. The number of nitrogens with one attached hydrogen (secondary N) is 1. The number of ether oxygens (including phenoxy) is 5. The molecular formula is C77H86Cl2N2O17S. The molecule has 0 unspecified atom stereocenters. The van der Waals surface area contributed by atoms with Crippen molar-refractivity contribution >= 4 is 116 Å². The first-order valence-electron chi connectivity index (χ1n) is 30.6. The number of Topliss-reactive ketones (excluding diaryl/α,β-unsaturated/α-hetero) is 1. The number of aromatic carboxylic acids is 2. The smallest absolute Gasteiger partial charge is 0.338 e. The van der Waals surface area contributed by atoms with E-state index in [4.69, 9.17) is 57.1 Å². The zero-order valence-electron chi connectivity index (χ0n) is 57.7. The number of allylic oxidation sites excluding steroid dienone is 3. The van der Waals surface area contributed by atoms with E-state index in [-0.39, 0.29) is 60.1 Å². The maximum Gasteiger partial charge on any atom is 0.338 e. The summed E-state index contributed by atoms with van der Waals surface area (Å²) in [6.45, 7) is 29.3. The van der Waals surface area contributed by atoms with Crippen LogP contribution in [0.4, 0.5) is 5.13 Å². The van der Waals surface area contributed by atoms with Crippen LogP contribution in [0.1, 0.15) is 207 Å². The minimum absolute atomic E-state index is 0. The van der Waals surface area contributed by atoms with Crippen LogP contribution in [-0.2, 0) is 38.1 Å². The highest BCUT2D eigenvalue weighted by Crippen LogP contribution is 2.31. The standard InChI is InChI=1S/C23H20Cl2N2O3S.C18H24O4.C14H16O4.C12H14O3.C9H8O3.CH4/c1-4-30-22(29)14(3)13(2)15-5-7-16(8-6-15)21(28)27-23-26-20(12-31-23)17-9-10-18(24)19(25)11-17;1-7-21-16(19)13(3)12(2)14-8-10-15(11-9-14)17(20)22-18(4,5)6;1-4-18-14(17)10(3)9(2)11-5-7-12(8-6-11)13(15)16;1-12(2,3)15-11(14)10-6-4-9(8-13)5-7-10;1-6(10)7-2-4-8(5-3-7)9(11)12;/h5-12H,4H2,1-3H3,(H,26,27,28);8-11H,7H2,1-6H3;5-8H,4H2,1-3H3,(H,15,16);4-8H,1-3H3;2-5H,1H3,(H,11,12);1H4/b14-13+;13-12+;10-9+;;;. The number of halogens is 2. The number of carbonyl (C=O) groups excluding carboxylic acids is 8. The molecule has 7 aromatic rings. The molecule has 0 atom stereocenters. The van der Waals surface area contributed by atoms with Gasteiger partial charge in [0.1, 0.15) is 17.5 Å². The predicted octanol–water partition coefficient (Wildman–Crippen LogP) is 18.1. The fourth-order valence-electron chi connectivity index (χ4n) is 7.93. The van der Waals surface area contributed by atoms with E-state index in [1.165, 1.54) is 54.7 Å². The van der Waals surface area contributed by atoms with Gasteiger partial charge >= 0.3 is 41.8 Å². The average Bonchev–Trinajstić information content (AvgIpc) is 1.71. The highest BCUT2D eigenvalue weighted by Gasteiger charge is 2.21. The second kappa shape index (κ2) is 40.5. The van der Waals surface area contributed by atoms with Crippen molar-refractivity contribution in [1.29, 1.82) is 0 Å². The number of esters is 5. The summed E-state index contributed by atoms with van der Waals surface area (Å²) in [6, 6.07) is 37.9. The largest absolute Gasteiger partial charge is 0.478 e. The topological polar surface area (TPSA) is 282 Å². The monoisotopic (exact) mass is 1410 g/mol. The first kappa shape index (κ1) is 84.9. The van der Waals surface area contributed by atoms with E-state index in [9.17, 15) is 47.9 Å². The fourth-order valence-corrected chi connectivity index (χ4v) is 8.94. The van der Waals surface area contributed by atoms with Crippen molar-refractivity contribution in [2.24, 2.45) is 0 Å². The van der Waals surface area contributed by atoms with Gasteiger partial charge in [0.2, 0.25) is 0 Å². The second-order valence-electron chi connectivity index (χ2n) is 23.3. The highest BCUT2D eigenvalue weighted by atomic mass is 35.5. The lowest BCUT2D eigenvalue weighted by atomic mass is 10.0. The molecule has 0 aliphatic carbocycles. The molecule has 0 bridgehead atoms. The molecule has 0 saturated carbocycles. The number of thiazole rings is 1. The van der Waals surface area contributed by atoms with E-state index in [0.29, 0.717) is 85.2 Å². The van der Waals surface area contributed by atoms with Crippen molar-refractivity contribution < 1.29 is 81.8 Å². The lowest BCUT2D eigenvalue weighted by Crippen LogP contribution is -2.23. The Bertz CT molecular complexity index is 4030. The van der Waals surface area contributed by atoms with Crippen molar-refractivity contribution in [2.75, 3.05) is 25.1 Å². The predicted molar refractivity (Wildman–Crippen MR) is 389 cm³/mol. The Morgan fingerprint density at radius 3 is 1.10 bits per heavy atom. The van der Waals surface area contributed by atoms with Gasteiger partial charge < -0.3 is 33.9 Å². The number of hydrogen-bond acceptors (Lipinski definition) is 17. The van der Waals surface area contributed by atoms with Gasteiger partial charge in [0.05, 0.1) is 57.8 Å².